The first kappa shape index (κ1) is 24.9. The number of benzene rings is 2. The Morgan fingerprint density at radius 3 is 1.91 bits per heavy atom. The normalized spacial score (nSPS) is 19.8. The van der Waals surface area contributed by atoms with Gasteiger partial charge < -0.3 is 9.31 Å². The number of nitrogens with one attached hydrogen (secondary N) is 1. The second kappa shape index (κ2) is 9.65. The summed E-state index contributed by atoms with van der Waals surface area (Å²) in [4.78, 5) is 0. The summed E-state index contributed by atoms with van der Waals surface area (Å²) in [7, 11) is -1.19. The van der Waals surface area contributed by atoms with E-state index < -0.39 is 34.6 Å². The van der Waals surface area contributed by atoms with Crippen molar-refractivity contribution in [1.29, 1.82) is 0 Å². The van der Waals surface area contributed by atoms with Crippen LogP contribution >= 0.6 is 0 Å². The minimum absolute atomic E-state index is 0.242. The maximum Gasteiger partial charge on any atom is 0.463 e. The summed E-state index contributed by atoms with van der Waals surface area (Å²) in [5.41, 5.74) is 1.05. The molecular weight excluding hydrogens is 423 g/mol. The van der Waals surface area contributed by atoms with Gasteiger partial charge in [-0.1, -0.05) is 60.7 Å². The van der Waals surface area contributed by atoms with Gasteiger partial charge in [0.05, 0.1) is 11.2 Å². The van der Waals surface area contributed by atoms with Gasteiger partial charge in [-0.3, -0.25) is 0 Å². The van der Waals surface area contributed by atoms with Crippen LogP contribution in [0.1, 0.15) is 51.3 Å². The summed E-state index contributed by atoms with van der Waals surface area (Å²) in [6.45, 7) is 8.07. The Labute approximate surface area is 193 Å². The molecule has 1 fully saturated rings. The van der Waals surface area contributed by atoms with E-state index in [0.717, 1.165) is 12.0 Å². The fraction of sp³-hybridized carbons (Fsp3) is 0.500. The van der Waals surface area contributed by atoms with Gasteiger partial charge in [0.2, 0.25) is 0 Å². The van der Waals surface area contributed by atoms with Crippen LogP contribution in [0, 0.1) is 0 Å². The van der Waals surface area contributed by atoms with Crippen molar-refractivity contribution in [2.45, 2.75) is 63.6 Å². The van der Waals surface area contributed by atoms with Gasteiger partial charge in [0.25, 0.3) is 10.2 Å². The summed E-state index contributed by atoms with van der Waals surface area (Å²) in [6, 6.07) is 19.4. The Kier molecular flexibility index (Phi) is 7.52. The van der Waals surface area contributed by atoms with E-state index in [9.17, 15) is 8.42 Å². The fourth-order valence-corrected chi connectivity index (χ4v) is 4.67. The maximum atomic E-state index is 12.9. The van der Waals surface area contributed by atoms with Crippen LogP contribution in [-0.4, -0.2) is 45.1 Å². The van der Waals surface area contributed by atoms with Gasteiger partial charge in [-0.15, -0.1) is 0 Å². The quantitative estimate of drug-likeness (QED) is 0.572. The molecular formula is C24H35BN2O4S. The molecule has 2 atom stereocenters. The Hall–Kier alpha value is -1.71. The van der Waals surface area contributed by atoms with Gasteiger partial charge in [-0.25, -0.2) is 0 Å². The van der Waals surface area contributed by atoms with E-state index in [1.54, 1.807) is 0 Å². The molecule has 8 heteroatoms. The van der Waals surface area contributed by atoms with Crippen LogP contribution in [-0.2, 0) is 25.9 Å². The molecule has 6 nitrogen and oxygen atoms in total. The molecule has 32 heavy (non-hydrogen) atoms. The number of aryl methyl sites for hydroxylation is 1. The lowest BCUT2D eigenvalue weighted by Gasteiger charge is -2.32. The molecule has 174 valence electrons. The van der Waals surface area contributed by atoms with Gasteiger partial charge in [0, 0.05) is 26.0 Å². The molecule has 0 amide bonds. The Bertz CT molecular complexity index is 966. The zero-order valence-electron chi connectivity index (χ0n) is 19.9. The van der Waals surface area contributed by atoms with Crippen LogP contribution in [0.3, 0.4) is 0 Å². The van der Waals surface area contributed by atoms with Gasteiger partial charge in [0.1, 0.15) is 0 Å². The fourth-order valence-electron chi connectivity index (χ4n) is 3.83. The molecule has 0 radical (unpaired) electrons. The molecule has 1 aliphatic rings. The number of rotatable bonds is 9. The van der Waals surface area contributed by atoms with E-state index in [0.29, 0.717) is 6.42 Å². The third-order valence-electron chi connectivity index (χ3n) is 6.57. The predicted octanol–water partition coefficient (Wildman–Crippen LogP) is 4.22. The van der Waals surface area contributed by atoms with Crippen LogP contribution in [0.4, 0.5) is 0 Å². The van der Waals surface area contributed by atoms with Crippen molar-refractivity contribution in [2.24, 2.45) is 0 Å². The standard InChI is InChI=1S/C24H35BN2O4S/c1-23(2)24(3,4)31-25(30-23)21(18-17-19-13-9-7-10-14-19)22(20-15-11-8-12-16-20)26-32(28,29)27(5)6/h7-16,21-22,26H,17-18H2,1-6H3/t21-,22-/m1/s1. The summed E-state index contributed by atoms with van der Waals surface area (Å²) in [5.74, 6) is -0.242. The van der Waals surface area contributed by atoms with Crippen molar-refractivity contribution in [3.8, 4) is 0 Å². The second-order valence-electron chi connectivity index (χ2n) is 9.61. The first-order valence-electron chi connectivity index (χ1n) is 11.1. The Morgan fingerprint density at radius 1 is 0.906 bits per heavy atom. The molecule has 0 spiro atoms. The lowest BCUT2D eigenvalue weighted by atomic mass is 9.64. The van der Waals surface area contributed by atoms with Crippen LogP contribution < -0.4 is 4.72 Å². The lowest BCUT2D eigenvalue weighted by Crippen LogP contribution is -2.43. The Balaban J connectivity index is 2.00. The number of hydrogen-bond donors (Lipinski definition) is 1. The molecule has 0 bridgehead atoms. The summed E-state index contributed by atoms with van der Waals surface area (Å²) in [6.07, 6.45) is 1.47. The molecule has 1 saturated heterocycles. The van der Waals surface area contributed by atoms with Crippen LogP contribution in [0.15, 0.2) is 60.7 Å². The summed E-state index contributed by atoms with van der Waals surface area (Å²) >= 11 is 0. The second-order valence-corrected chi connectivity index (χ2v) is 11.5. The smallest absolute Gasteiger partial charge is 0.403 e. The molecule has 1 heterocycles. The lowest BCUT2D eigenvalue weighted by molar-refractivity contribution is 0.00578. The van der Waals surface area contributed by atoms with Gasteiger partial charge in [0.15, 0.2) is 0 Å². The molecule has 2 aromatic carbocycles. The van der Waals surface area contributed by atoms with Crippen molar-refractivity contribution in [3.63, 3.8) is 0 Å². The predicted molar refractivity (Wildman–Crippen MR) is 130 cm³/mol. The van der Waals surface area contributed by atoms with Crippen LogP contribution in [0.25, 0.3) is 0 Å². The number of hydrogen-bond acceptors (Lipinski definition) is 4. The highest BCUT2D eigenvalue weighted by atomic mass is 32.2. The average molecular weight is 458 g/mol. The maximum absolute atomic E-state index is 12.9. The van der Waals surface area contributed by atoms with Crippen molar-refractivity contribution in [3.05, 3.63) is 71.8 Å². The van der Waals surface area contributed by atoms with E-state index >= 15 is 0 Å². The van der Waals surface area contributed by atoms with Gasteiger partial charge >= 0.3 is 7.12 Å². The van der Waals surface area contributed by atoms with Crippen molar-refractivity contribution < 1.29 is 17.7 Å². The SMILES string of the molecule is CN(C)S(=O)(=O)N[C@H](c1ccccc1)[C@@H](CCc1ccccc1)B1OC(C)(C)C(C)(C)O1. The molecule has 0 aromatic heterocycles. The van der Waals surface area contributed by atoms with E-state index in [2.05, 4.69) is 16.9 Å². The molecule has 1 aliphatic heterocycles. The van der Waals surface area contributed by atoms with Gasteiger partial charge in [-0.05, 0) is 51.7 Å². The largest absolute Gasteiger partial charge is 0.463 e. The minimum Gasteiger partial charge on any atom is -0.403 e. The monoisotopic (exact) mass is 458 g/mol. The van der Waals surface area contributed by atoms with Gasteiger partial charge in [-0.2, -0.15) is 17.4 Å². The minimum atomic E-state index is -3.69. The zero-order valence-corrected chi connectivity index (χ0v) is 20.7. The Morgan fingerprint density at radius 2 is 1.41 bits per heavy atom. The molecule has 0 unspecified atom stereocenters. The van der Waals surface area contributed by atoms with E-state index in [4.69, 9.17) is 9.31 Å². The van der Waals surface area contributed by atoms with Crippen molar-refractivity contribution in [1.82, 2.24) is 9.03 Å². The van der Waals surface area contributed by atoms with E-state index in [1.807, 2.05) is 76.2 Å². The number of nitrogens with zero attached hydrogens (tertiary/aromatic N) is 1. The third-order valence-corrected chi connectivity index (χ3v) is 8.09. The first-order valence-corrected chi connectivity index (χ1v) is 12.5. The molecule has 3 rings (SSSR count). The van der Waals surface area contributed by atoms with E-state index in [1.165, 1.54) is 24.0 Å². The summed E-state index contributed by atoms with van der Waals surface area (Å²) < 4.78 is 42.7. The highest BCUT2D eigenvalue weighted by Gasteiger charge is 2.55. The highest BCUT2D eigenvalue weighted by molar-refractivity contribution is 7.87. The summed E-state index contributed by atoms with van der Waals surface area (Å²) in [5, 5.41) is 0. The molecule has 0 saturated carbocycles. The molecule has 0 aliphatic carbocycles. The highest BCUT2D eigenvalue weighted by Crippen LogP contribution is 2.45. The molecule has 2 aromatic rings. The van der Waals surface area contributed by atoms with Crippen molar-refractivity contribution in [2.75, 3.05) is 14.1 Å². The first-order chi connectivity index (χ1) is 14.9. The van der Waals surface area contributed by atoms with Crippen molar-refractivity contribution >= 4 is 17.3 Å². The van der Waals surface area contributed by atoms with Crippen LogP contribution in [0.5, 0.6) is 0 Å². The van der Waals surface area contributed by atoms with Crippen LogP contribution in [0.2, 0.25) is 5.82 Å². The topological polar surface area (TPSA) is 67.9 Å². The average Bonchev–Trinajstić information content (AvgIpc) is 2.95. The molecule has 1 N–H and O–H groups in total. The zero-order chi connectivity index (χ0) is 23.6. The third kappa shape index (κ3) is 5.61. The van der Waals surface area contributed by atoms with E-state index in [-0.39, 0.29) is 5.82 Å².